The van der Waals surface area contributed by atoms with Crippen LogP contribution in [-0.2, 0) is 14.1 Å². The number of esters is 1. The van der Waals surface area contributed by atoms with Crippen molar-refractivity contribution in [2.24, 2.45) is 0 Å². The third-order valence-electron chi connectivity index (χ3n) is 4.41. The van der Waals surface area contributed by atoms with Gasteiger partial charge in [-0.05, 0) is 45.3 Å². The van der Waals surface area contributed by atoms with Crippen LogP contribution < -0.4 is 10.2 Å². The third-order valence-corrected chi connectivity index (χ3v) is 4.41. The lowest BCUT2D eigenvalue weighted by Gasteiger charge is -2.32. The summed E-state index contributed by atoms with van der Waals surface area (Å²) in [7, 11) is -0.470. The summed E-state index contributed by atoms with van der Waals surface area (Å²) in [5.74, 6) is -0.386. The van der Waals surface area contributed by atoms with Crippen molar-refractivity contribution in [3.63, 3.8) is 0 Å². The average molecular weight is 317 g/mol. The molecular weight excluding hydrogens is 297 g/mol. The molecular formula is C16H20BNO5. The Kier molecular flexibility index (Phi) is 3.73. The van der Waals surface area contributed by atoms with E-state index in [0.29, 0.717) is 11.1 Å². The van der Waals surface area contributed by atoms with Gasteiger partial charge in [0.25, 0.3) is 0 Å². The van der Waals surface area contributed by atoms with Gasteiger partial charge in [0, 0.05) is 6.42 Å². The molecule has 0 amide bonds. The SMILES string of the molecule is CCC(=O)Oc1nc2cc(B3OC(C)(C)C(C)(C)O3)ccc2o1. The van der Waals surface area contributed by atoms with Crippen molar-refractivity contribution in [3.05, 3.63) is 18.2 Å². The molecule has 7 heteroatoms. The topological polar surface area (TPSA) is 70.8 Å². The molecule has 1 fully saturated rings. The number of nitrogens with zero attached hydrogens (tertiary/aromatic N) is 1. The summed E-state index contributed by atoms with van der Waals surface area (Å²) in [5.41, 5.74) is 1.18. The fourth-order valence-corrected chi connectivity index (χ4v) is 2.26. The Hall–Kier alpha value is -1.86. The molecule has 1 saturated heterocycles. The number of ether oxygens (including phenoxy) is 1. The summed E-state index contributed by atoms with van der Waals surface area (Å²) < 4.78 is 22.4. The van der Waals surface area contributed by atoms with E-state index in [0.717, 1.165) is 5.46 Å². The van der Waals surface area contributed by atoms with Crippen molar-refractivity contribution in [2.75, 3.05) is 0 Å². The Morgan fingerprint density at radius 3 is 2.48 bits per heavy atom. The highest BCUT2D eigenvalue weighted by Crippen LogP contribution is 2.36. The third kappa shape index (κ3) is 2.86. The van der Waals surface area contributed by atoms with Gasteiger partial charge in [0.05, 0.1) is 11.2 Å². The maximum Gasteiger partial charge on any atom is 0.494 e. The van der Waals surface area contributed by atoms with Crippen molar-refractivity contribution >= 4 is 29.7 Å². The van der Waals surface area contributed by atoms with E-state index in [1.165, 1.54) is 0 Å². The van der Waals surface area contributed by atoms with Gasteiger partial charge in [0.15, 0.2) is 5.58 Å². The van der Waals surface area contributed by atoms with Gasteiger partial charge < -0.3 is 18.5 Å². The molecule has 1 aliphatic rings. The van der Waals surface area contributed by atoms with Gasteiger partial charge in [-0.3, -0.25) is 4.79 Å². The maximum absolute atomic E-state index is 11.3. The number of hydrogen-bond acceptors (Lipinski definition) is 6. The lowest BCUT2D eigenvalue weighted by atomic mass is 9.79. The summed E-state index contributed by atoms with van der Waals surface area (Å²) in [6, 6.07) is 5.46. The first-order chi connectivity index (χ1) is 10.7. The second kappa shape index (κ2) is 5.35. The summed E-state index contributed by atoms with van der Waals surface area (Å²) in [5, 5.41) is 0. The fraction of sp³-hybridized carbons (Fsp3) is 0.500. The Morgan fingerprint density at radius 1 is 1.22 bits per heavy atom. The Labute approximate surface area is 135 Å². The standard InChI is InChI=1S/C16H20BNO5/c1-6-13(19)21-14-18-11-9-10(7-8-12(11)20-14)17-22-15(2,3)16(4,5)23-17/h7-9H,6H2,1-5H3. The average Bonchev–Trinajstić information content (AvgIpc) is 2.95. The Morgan fingerprint density at radius 2 is 1.87 bits per heavy atom. The van der Waals surface area contributed by atoms with Crippen molar-refractivity contribution in [3.8, 4) is 6.08 Å². The molecule has 0 atom stereocenters. The van der Waals surface area contributed by atoms with Crippen LogP contribution in [-0.4, -0.2) is 29.3 Å². The maximum atomic E-state index is 11.3. The van der Waals surface area contributed by atoms with Crippen molar-refractivity contribution in [2.45, 2.75) is 52.2 Å². The molecule has 0 bridgehead atoms. The molecule has 23 heavy (non-hydrogen) atoms. The van der Waals surface area contributed by atoms with Crippen LogP contribution >= 0.6 is 0 Å². The summed E-state index contributed by atoms with van der Waals surface area (Å²) in [6.07, 6.45) is 0.218. The van der Waals surface area contributed by atoms with Gasteiger partial charge in [-0.15, -0.1) is 0 Å². The van der Waals surface area contributed by atoms with Crippen molar-refractivity contribution in [1.82, 2.24) is 4.98 Å². The predicted octanol–water partition coefficient (Wildman–Crippen LogP) is 2.44. The monoisotopic (exact) mass is 317 g/mol. The smallest absolute Gasteiger partial charge is 0.409 e. The molecule has 0 saturated carbocycles. The van der Waals surface area contributed by atoms with E-state index >= 15 is 0 Å². The van der Waals surface area contributed by atoms with Crippen LogP contribution in [0, 0.1) is 0 Å². The molecule has 1 aromatic carbocycles. The van der Waals surface area contributed by atoms with Gasteiger partial charge in [0.2, 0.25) is 0 Å². The van der Waals surface area contributed by atoms with Crippen molar-refractivity contribution < 1.29 is 23.3 Å². The van der Waals surface area contributed by atoms with Crippen LogP contribution in [0.25, 0.3) is 11.1 Å². The van der Waals surface area contributed by atoms with E-state index in [1.54, 1.807) is 13.0 Å². The van der Waals surface area contributed by atoms with Crippen LogP contribution in [0.4, 0.5) is 0 Å². The molecule has 2 aromatic rings. The van der Waals surface area contributed by atoms with Gasteiger partial charge in [-0.25, -0.2) is 0 Å². The first kappa shape index (κ1) is 16.0. The first-order valence-electron chi connectivity index (χ1n) is 7.68. The quantitative estimate of drug-likeness (QED) is 0.640. The lowest BCUT2D eigenvalue weighted by molar-refractivity contribution is -0.135. The molecule has 3 rings (SSSR count). The molecule has 0 unspecified atom stereocenters. The van der Waals surface area contributed by atoms with Crippen LogP contribution in [0.2, 0.25) is 0 Å². The van der Waals surface area contributed by atoms with E-state index < -0.39 is 18.3 Å². The highest BCUT2D eigenvalue weighted by Gasteiger charge is 2.51. The number of hydrogen-bond donors (Lipinski definition) is 0. The number of benzene rings is 1. The number of carbonyl (C=O) groups is 1. The first-order valence-corrected chi connectivity index (χ1v) is 7.68. The van der Waals surface area contributed by atoms with Crippen LogP contribution in [0.15, 0.2) is 22.6 Å². The number of oxazole rings is 1. The number of fused-ring (bicyclic) bond motifs is 1. The van der Waals surface area contributed by atoms with E-state index in [1.807, 2.05) is 39.8 Å². The van der Waals surface area contributed by atoms with E-state index in [2.05, 4.69) is 4.98 Å². The molecule has 1 aromatic heterocycles. The summed E-state index contributed by atoms with van der Waals surface area (Å²) in [6.45, 7) is 9.73. The molecule has 122 valence electrons. The van der Waals surface area contributed by atoms with Crippen molar-refractivity contribution in [1.29, 1.82) is 0 Å². The minimum Gasteiger partial charge on any atom is -0.409 e. The Balaban J connectivity index is 1.88. The molecule has 0 spiro atoms. The molecule has 2 heterocycles. The minimum absolute atomic E-state index is 0.0436. The minimum atomic E-state index is -0.470. The highest BCUT2D eigenvalue weighted by molar-refractivity contribution is 6.62. The molecule has 0 radical (unpaired) electrons. The molecule has 0 aliphatic carbocycles. The molecule has 1 aliphatic heterocycles. The fourth-order valence-electron chi connectivity index (χ4n) is 2.26. The lowest BCUT2D eigenvalue weighted by Crippen LogP contribution is -2.41. The zero-order valence-corrected chi connectivity index (χ0v) is 14.0. The van der Waals surface area contributed by atoms with Gasteiger partial charge in [-0.2, -0.15) is 4.98 Å². The van der Waals surface area contributed by atoms with Gasteiger partial charge in [-0.1, -0.05) is 13.0 Å². The number of aromatic nitrogens is 1. The van der Waals surface area contributed by atoms with Crippen LogP contribution in [0.1, 0.15) is 41.0 Å². The van der Waals surface area contributed by atoms with Crippen LogP contribution in [0.5, 0.6) is 6.08 Å². The zero-order valence-electron chi connectivity index (χ0n) is 14.0. The van der Waals surface area contributed by atoms with Gasteiger partial charge in [0.1, 0.15) is 5.52 Å². The van der Waals surface area contributed by atoms with Gasteiger partial charge >= 0.3 is 19.2 Å². The van der Waals surface area contributed by atoms with Crippen LogP contribution in [0.3, 0.4) is 0 Å². The zero-order chi connectivity index (χ0) is 16.8. The second-order valence-corrected chi connectivity index (χ2v) is 6.62. The van der Waals surface area contributed by atoms with E-state index in [9.17, 15) is 4.79 Å². The molecule has 6 nitrogen and oxygen atoms in total. The Bertz CT molecular complexity index is 736. The predicted molar refractivity (Wildman–Crippen MR) is 85.7 cm³/mol. The molecule has 0 N–H and O–H groups in total. The van der Waals surface area contributed by atoms with E-state index in [-0.39, 0.29) is 18.5 Å². The number of rotatable bonds is 3. The normalized spacial score (nSPS) is 19.3. The highest BCUT2D eigenvalue weighted by atomic mass is 16.7. The summed E-state index contributed by atoms with van der Waals surface area (Å²) in [4.78, 5) is 15.5. The van der Waals surface area contributed by atoms with E-state index in [4.69, 9.17) is 18.5 Å². The largest absolute Gasteiger partial charge is 0.494 e. The number of carbonyl (C=O) groups excluding carboxylic acids is 1. The second-order valence-electron chi connectivity index (χ2n) is 6.62. The summed E-state index contributed by atoms with van der Waals surface area (Å²) >= 11 is 0.